The van der Waals surface area contributed by atoms with Gasteiger partial charge in [-0.3, -0.25) is 0 Å². The first-order valence-corrected chi connectivity index (χ1v) is 10.8. The van der Waals surface area contributed by atoms with Gasteiger partial charge in [-0.15, -0.1) is 0 Å². The van der Waals surface area contributed by atoms with Crippen molar-refractivity contribution in [3.8, 4) is 5.75 Å². The molecule has 2 aromatic rings. The molecule has 1 aromatic heterocycles. The molecule has 2 heterocycles. The van der Waals surface area contributed by atoms with Crippen LogP contribution in [0.15, 0.2) is 24.3 Å². The summed E-state index contributed by atoms with van der Waals surface area (Å²) in [7, 11) is 0. The lowest BCUT2D eigenvalue weighted by atomic mass is 9.90. The number of nitrogens with zero attached hydrogens (tertiary/aromatic N) is 1. The Hall–Kier alpha value is -1.62. The Balaban J connectivity index is 1.73. The molecule has 0 amide bonds. The van der Waals surface area contributed by atoms with Crippen LogP contribution in [0.3, 0.4) is 0 Å². The number of ether oxygens (including phenoxy) is 2. The molecule has 0 radical (unpaired) electrons. The Labute approximate surface area is 166 Å². The van der Waals surface area contributed by atoms with E-state index in [1.807, 2.05) is 12.1 Å². The van der Waals surface area contributed by atoms with E-state index in [9.17, 15) is 8.78 Å². The van der Waals surface area contributed by atoms with Gasteiger partial charge in [0.05, 0.1) is 12.1 Å². The average molecular weight is 392 g/mol. The van der Waals surface area contributed by atoms with E-state index < -0.39 is 5.92 Å². The largest absolute Gasteiger partial charge is 0.493 e. The van der Waals surface area contributed by atoms with Crippen LogP contribution in [0.4, 0.5) is 8.78 Å². The van der Waals surface area contributed by atoms with Crippen molar-refractivity contribution >= 4 is 10.9 Å². The van der Waals surface area contributed by atoms with Gasteiger partial charge in [-0.25, -0.2) is 8.78 Å². The third-order valence-corrected chi connectivity index (χ3v) is 6.32. The third kappa shape index (κ3) is 4.05. The first-order valence-electron chi connectivity index (χ1n) is 10.8. The summed E-state index contributed by atoms with van der Waals surface area (Å²) in [5.41, 5.74) is 2.41. The molecule has 1 aliphatic carbocycles. The van der Waals surface area contributed by atoms with E-state index in [0.29, 0.717) is 25.4 Å². The van der Waals surface area contributed by atoms with Gasteiger partial charge in [0.2, 0.25) is 5.92 Å². The van der Waals surface area contributed by atoms with Crippen LogP contribution in [0, 0.1) is 0 Å². The number of halogens is 2. The van der Waals surface area contributed by atoms with Crippen LogP contribution in [-0.4, -0.2) is 30.3 Å². The standard InChI is InChI=1S/C23H31F2NO2/c1-2-3-13-28-22-6-4-5-20-19(22)16-21(17-9-14-27-15-10-17)26(20)18-7-11-23(24,25)12-8-18/h4-6,16-18H,2-3,7-15H2,1H3. The fraction of sp³-hybridized carbons (Fsp3) is 0.652. The maximum absolute atomic E-state index is 13.8. The van der Waals surface area contributed by atoms with Crippen molar-refractivity contribution in [3.63, 3.8) is 0 Å². The number of benzene rings is 1. The van der Waals surface area contributed by atoms with Crippen LogP contribution in [0.2, 0.25) is 0 Å². The molecule has 2 fully saturated rings. The van der Waals surface area contributed by atoms with Gasteiger partial charge in [0.1, 0.15) is 5.75 Å². The molecule has 1 aliphatic heterocycles. The lowest BCUT2D eigenvalue weighted by Gasteiger charge is -2.33. The number of fused-ring (bicyclic) bond motifs is 1. The first kappa shape index (κ1) is 19.7. The Bertz CT molecular complexity index is 785. The smallest absolute Gasteiger partial charge is 0.248 e. The second-order valence-corrected chi connectivity index (χ2v) is 8.30. The minimum atomic E-state index is -2.51. The fourth-order valence-corrected chi connectivity index (χ4v) is 4.69. The van der Waals surface area contributed by atoms with Crippen molar-refractivity contribution < 1.29 is 18.3 Å². The lowest BCUT2D eigenvalue weighted by Crippen LogP contribution is -2.28. The first-order chi connectivity index (χ1) is 13.6. The highest BCUT2D eigenvalue weighted by atomic mass is 19.3. The minimum absolute atomic E-state index is 0.0166. The van der Waals surface area contributed by atoms with Crippen LogP contribution in [0.5, 0.6) is 5.75 Å². The van der Waals surface area contributed by atoms with E-state index in [2.05, 4.69) is 23.6 Å². The fourth-order valence-electron chi connectivity index (χ4n) is 4.69. The maximum Gasteiger partial charge on any atom is 0.248 e. The Kier molecular flexibility index (Phi) is 5.91. The predicted octanol–water partition coefficient (Wildman–Crippen LogP) is 6.46. The Morgan fingerprint density at radius 2 is 1.89 bits per heavy atom. The van der Waals surface area contributed by atoms with Crippen molar-refractivity contribution in [1.82, 2.24) is 4.57 Å². The summed E-state index contributed by atoms with van der Waals surface area (Å²) in [6.45, 7) is 4.41. The molecule has 154 valence electrons. The third-order valence-electron chi connectivity index (χ3n) is 6.32. The van der Waals surface area contributed by atoms with Crippen molar-refractivity contribution in [2.75, 3.05) is 19.8 Å². The number of alkyl halides is 2. The molecule has 0 N–H and O–H groups in total. The second kappa shape index (κ2) is 8.40. The van der Waals surface area contributed by atoms with E-state index in [1.54, 1.807) is 0 Å². The second-order valence-electron chi connectivity index (χ2n) is 8.30. The molecule has 4 rings (SSSR count). The summed E-state index contributed by atoms with van der Waals surface area (Å²) in [6, 6.07) is 8.59. The maximum atomic E-state index is 13.8. The summed E-state index contributed by atoms with van der Waals surface area (Å²) >= 11 is 0. The van der Waals surface area contributed by atoms with Crippen LogP contribution >= 0.6 is 0 Å². The van der Waals surface area contributed by atoms with Crippen LogP contribution in [0.25, 0.3) is 10.9 Å². The molecular formula is C23H31F2NO2. The molecule has 28 heavy (non-hydrogen) atoms. The summed E-state index contributed by atoms with van der Waals surface area (Å²) in [6.07, 6.45) is 5.15. The van der Waals surface area contributed by atoms with Crippen LogP contribution in [-0.2, 0) is 4.74 Å². The highest BCUT2D eigenvalue weighted by molar-refractivity contribution is 5.88. The van der Waals surface area contributed by atoms with E-state index >= 15 is 0 Å². The average Bonchev–Trinajstić information content (AvgIpc) is 3.09. The van der Waals surface area contributed by atoms with Crippen molar-refractivity contribution in [3.05, 3.63) is 30.0 Å². The van der Waals surface area contributed by atoms with Gasteiger partial charge in [0.25, 0.3) is 0 Å². The summed E-state index contributed by atoms with van der Waals surface area (Å²) < 4.78 is 41.6. The Morgan fingerprint density at radius 3 is 2.61 bits per heavy atom. The van der Waals surface area contributed by atoms with Crippen molar-refractivity contribution in [2.45, 2.75) is 76.2 Å². The molecule has 5 heteroatoms. The SMILES string of the molecule is CCCCOc1cccc2c1cc(C1CCOCC1)n2C1CCC(F)(F)CC1. The molecule has 1 aromatic carbocycles. The van der Waals surface area contributed by atoms with Gasteiger partial charge in [0, 0.05) is 49.1 Å². The molecule has 1 saturated carbocycles. The number of rotatable bonds is 6. The quantitative estimate of drug-likeness (QED) is 0.527. The molecule has 2 aliphatic rings. The zero-order valence-electron chi connectivity index (χ0n) is 16.8. The molecule has 0 spiro atoms. The zero-order chi connectivity index (χ0) is 19.6. The van der Waals surface area contributed by atoms with Crippen molar-refractivity contribution in [1.29, 1.82) is 0 Å². The molecule has 3 nitrogen and oxygen atoms in total. The van der Waals surface area contributed by atoms with E-state index in [1.165, 1.54) is 5.69 Å². The van der Waals surface area contributed by atoms with E-state index in [-0.39, 0.29) is 18.9 Å². The molecule has 0 atom stereocenters. The molecule has 0 bridgehead atoms. The minimum Gasteiger partial charge on any atom is -0.493 e. The van der Waals surface area contributed by atoms with Gasteiger partial charge in [-0.2, -0.15) is 0 Å². The monoisotopic (exact) mass is 391 g/mol. The van der Waals surface area contributed by atoms with Crippen molar-refractivity contribution in [2.24, 2.45) is 0 Å². The van der Waals surface area contributed by atoms with Gasteiger partial charge in [0.15, 0.2) is 0 Å². The van der Waals surface area contributed by atoms with Crippen LogP contribution in [0.1, 0.15) is 75.9 Å². The molecule has 0 unspecified atom stereocenters. The summed E-state index contributed by atoms with van der Waals surface area (Å²) in [4.78, 5) is 0. The zero-order valence-corrected chi connectivity index (χ0v) is 16.8. The highest BCUT2D eigenvalue weighted by Crippen LogP contribution is 2.44. The highest BCUT2D eigenvalue weighted by Gasteiger charge is 2.37. The normalized spacial score (nSPS) is 21.2. The topological polar surface area (TPSA) is 23.4 Å². The van der Waals surface area contributed by atoms with E-state index in [0.717, 1.165) is 55.5 Å². The number of hydrogen-bond acceptors (Lipinski definition) is 2. The number of unbranched alkanes of at least 4 members (excludes halogenated alkanes) is 1. The lowest BCUT2D eigenvalue weighted by molar-refractivity contribution is -0.0439. The molecule has 1 saturated heterocycles. The van der Waals surface area contributed by atoms with Gasteiger partial charge >= 0.3 is 0 Å². The van der Waals surface area contributed by atoms with Gasteiger partial charge < -0.3 is 14.0 Å². The van der Waals surface area contributed by atoms with Gasteiger partial charge in [-0.1, -0.05) is 19.4 Å². The van der Waals surface area contributed by atoms with E-state index in [4.69, 9.17) is 9.47 Å². The Morgan fingerprint density at radius 1 is 1.14 bits per heavy atom. The van der Waals surface area contributed by atoms with Crippen LogP contribution < -0.4 is 4.74 Å². The number of hydrogen-bond donors (Lipinski definition) is 0. The number of aromatic nitrogens is 1. The summed E-state index contributed by atoms with van der Waals surface area (Å²) in [5.74, 6) is -1.17. The molecular weight excluding hydrogens is 360 g/mol. The van der Waals surface area contributed by atoms with Gasteiger partial charge in [-0.05, 0) is 50.3 Å². The summed E-state index contributed by atoms with van der Waals surface area (Å²) in [5, 5.41) is 1.12. The predicted molar refractivity (Wildman–Crippen MR) is 108 cm³/mol.